The Bertz CT molecular complexity index is 341. The lowest BCUT2D eigenvalue weighted by Crippen LogP contribution is -2.32. The van der Waals surface area contributed by atoms with Crippen molar-refractivity contribution < 1.29 is 9.53 Å². The summed E-state index contributed by atoms with van der Waals surface area (Å²) >= 11 is 0. The van der Waals surface area contributed by atoms with E-state index in [1.165, 1.54) is 5.56 Å². The Hall–Kier alpha value is -1.35. The van der Waals surface area contributed by atoms with Gasteiger partial charge in [0, 0.05) is 0 Å². The molecule has 0 unspecified atom stereocenters. The summed E-state index contributed by atoms with van der Waals surface area (Å²) in [6.07, 6.45) is 0.920. The molecular formula is C14H21NO2. The number of hydrogen-bond acceptors (Lipinski definition) is 3. The summed E-state index contributed by atoms with van der Waals surface area (Å²) in [5.74, 6) is -0.203. The Kier molecular flexibility index (Phi) is 5.16. The zero-order chi connectivity index (χ0) is 12.7. The lowest BCUT2D eigenvalue weighted by Gasteiger charge is -2.19. The molecule has 3 nitrogen and oxygen atoms in total. The van der Waals surface area contributed by atoms with Crippen LogP contribution in [0.1, 0.15) is 26.3 Å². The molecule has 0 aliphatic carbocycles. The summed E-state index contributed by atoms with van der Waals surface area (Å²) in [4.78, 5) is 11.4. The SMILES string of the molecule is CC(C)(C)OC(=O)CNCCc1ccccc1. The fourth-order valence-corrected chi connectivity index (χ4v) is 1.45. The van der Waals surface area contributed by atoms with Crippen molar-refractivity contribution in [3.05, 3.63) is 35.9 Å². The molecule has 17 heavy (non-hydrogen) atoms. The van der Waals surface area contributed by atoms with Crippen LogP contribution in [0.15, 0.2) is 30.3 Å². The van der Waals surface area contributed by atoms with Gasteiger partial charge in [-0.2, -0.15) is 0 Å². The first-order valence-corrected chi connectivity index (χ1v) is 5.94. The van der Waals surface area contributed by atoms with Gasteiger partial charge >= 0.3 is 5.97 Å². The van der Waals surface area contributed by atoms with Crippen LogP contribution in [-0.2, 0) is 16.0 Å². The number of hydrogen-bond donors (Lipinski definition) is 1. The molecule has 1 rings (SSSR count). The van der Waals surface area contributed by atoms with Crippen LogP contribution < -0.4 is 5.32 Å². The highest BCUT2D eigenvalue weighted by Gasteiger charge is 2.15. The van der Waals surface area contributed by atoms with Gasteiger partial charge in [0.05, 0.1) is 6.54 Å². The summed E-state index contributed by atoms with van der Waals surface area (Å²) in [5.41, 5.74) is 0.863. The van der Waals surface area contributed by atoms with Gasteiger partial charge in [0.25, 0.3) is 0 Å². The molecule has 1 N–H and O–H groups in total. The molecule has 1 aromatic rings. The highest BCUT2D eigenvalue weighted by molar-refractivity contribution is 5.72. The normalized spacial score (nSPS) is 11.2. The van der Waals surface area contributed by atoms with Gasteiger partial charge in [0.1, 0.15) is 5.60 Å². The van der Waals surface area contributed by atoms with Crippen LogP contribution in [0.4, 0.5) is 0 Å². The highest BCUT2D eigenvalue weighted by atomic mass is 16.6. The van der Waals surface area contributed by atoms with Crippen LogP contribution in [0.2, 0.25) is 0 Å². The third kappa shape index (κ3) is 6.74. The molecule has 94 valence electrons. The summed E-state index contributed by atoms with van der Waals surface area (Å²) in [5, 5.41) is 3.08. The van der Waals surface area contributed by atoms with Gasteiger partial charge in [0.2, 0.25) is 0 Å². The van der Waals surface area contributed by atoms with Crippen molar-refractivity contribution in [2.45, 2.75) is 32.8 Å². The molecule has 0 saturated carbocycles. The van der Waals surface area contributed by atoms with Gasteiger partial charge in [0.15, 0.2) is 0 Å². The minimum absolute atomic E-state index is 0.203. The predicted octanol–water partition coefficient (Wildman–Crippen LogP) is 2.16. The fraction of sp³-hybridized carbons (Fsp3) is 0.500. The summed E-state index contributed by atoms with van der Waals surface area (Å²) in [7, 11) is 0. The molecule has 1 aromatic carbocycles. The van der Waals surface area contributed by atoms with Gasteiger partial charge < -0.3 is 10.1 Å². The van der Waals surface area contributed by atoms with Crippen molar-refractivity contribution in [2.24, 2.45) is 0 Å². The van der Waals surface area contributed by atoms with Crippen LogP contribution in [0, 0.1) is 0 Å². The molecule has 0 spiro atoms. The molecule has 0 atom stereocenters. The van der Waals surface area contributed by atoms with E-state index >= 15 is 0 Å². The Morgan fingerprint density at radius 3 is 2.47 bits per heavy atom. The second-order valence-corrected chi connectivity index (χ2v) is 5.00. The lowest BCUT2D eigenvalue weighted by atomic mass is 10.1. The summed E-state index contributed by atoms with van der Waals surface area (Å²) in [6.45, 7) is 6.66. The van der Waals surface area contributed by atoms with E-state index in [0.717, 1.165) is 13.0 Å². The quantitative estimate of drug-likeness (QED) is 0.628. The molecule has 0 aliphatic heterocycles. The molecule has 0 aromatic heterocycles. The zero-order valence-electron chi connectivity index (χ0n) is 10.8. The van der Waals surface area contributed by atoms with E-state index in [9.17, 15) is 4.79 Å². The molecule has 3 heteroatoms. The first kappa shape index (κ1) is 13.7. The van der Waals surface area contributed by atoms with Crippen LogP contribution in [-0.4, -0.2) is 24.7 Å². The number of benzene rings is 1. The van der Waals surface area contributed by atoms with Crippen LogP contribution in [0.5, 0.6) is 0 Å². The second-order valence-electron chi connectivity index (χ2n) is 5.00. The Morgan fingerprint density at radius 1 is 1.24 bits per heavy atom. The first-order chi connectivity index (χ1) is 7.97. The third-order valence-corrected chi connectivity index (χ3v) is 2.12. The van der Waals surface area contributed by atoms with E-state index < -0.39 is 5.60 Å². The fourth-order valence-electron chi connectivity index (χ4n) is 1.45. The van der Waals surface area contributed by atoms with E-state index in [1.807, 2.05) is 39.0 Å². The topological polar surface area (TPSA) is 38.3 Å². The van der Waals surface area contributed by atoms with Crippen molar-refractivity contribution in [1.29, 1.82) is 0 Å². The van der Waals surface area contributed by atoms with Gasteiger partial charge in [-0.1, -0.05) is 30.3 Å². The van der Waals surface area contributed by atoms with Crippen molar-refractivity contribution >= 4 is 5.97 Å². The first-order valence-electron chi connectivity index (χ1n) is 5.94. The molecule has 0 heterocycles. The molecule has 0 aliphatic rings. The smallest absolute Gasteiger partial charge is 0.320 e. The van der Waals surface area contributed by atoms with E-state index in [1.54, 1.807) is 0 Å². The molecule has 0 saturated heterocycles. The standard InChI is InChI=1S/C14H21NO2/c1-14(2,3)17-13(16)11-15-10-9-12-7-5-4-6-8-12/h4-8,15H,9-11H2,1-3H3. The highest BCUT2D eigenvalue weighted by Crippen LogP contribution is 2.06. The predicted molar refractivity (Wildman–Crippen MR) is 68.9 cm³/mol. The van der Waals surface area contributed by atoms with Crippen LogP contribution in [0.3, 0.4) is 0 Å². The minimum atomic E-state index is -0.405. The Labute approximate surface area is 103 Å². The number of carbonyl (C=O) groups is 1. The molecule has 0 bridgehead atoms. The van der Waals surface area contributed by atoms with Gasteiger partial charge in [-0.05, 0) is 39.3 Å². The van der Waals surface area contributed by atoms with Crippen LogP contribution in [0.25, 0.3) is 0 Å². The molecule has 0 fully saturated rings. The maximum atomic E-state index is 11.4. The maximum absolute atomic E-state index is 11.4. The number of rotatable bonds is 5. The van der Waals surface area contributed by atoms with Gasteiger partial charge in [-0.3, -0.25) is 4.79 Å². The van der Waals surface area contributed by atoms with Crippen molar-refractivity contribution in [1.82, 2.24) is 5.32 Å². The maximum Gasteiger partial charge on any atom is 0.320 e. The van der Waals surface area contributed by atoms with Crippen molar-refractivity contribution in [2.75, 3.05) is 13.1 Å². The summed E-state index contributed by atoms with van der Waals surface area (Å²) < 4.78 is 5.19. The van der Waals surface area contributed by atoms with E-state index in [2.05, 4.69) is 17.4 Å². The second kappa shape index (κ2) is 6.40. The number of ether oxygens (including phenoxy) is 1. The molecule has 0 radical (unpaired) electrons. The summed E-state index contributed by atoms with van der Waals surface area (Å²) in [6, 6.07) is 10.2. The molecular weight excluding hydrogens is 214 g/mol. The monoisotopic (exact) mass is 235 g/mol. The number of nitrogens with one attached hydrogen (secondary N) is 1. The van der Waals surface area contributed by atoms with Crippen molar-refractivity contribution in [3.8, 4) is 0 Å². The number of carbonyl (C=O) groups excluding carboxylic acids is 1. The third-order valence-electron chi connectivity index (χ3n) is 2.12. The van der Waals surface area contributed by atoms with E-state index in [4.69, 9.17) is 4.74 Å². The average Bonchev–Trinajstić information content (AvgIpc) is 2.23. The van der Waals surface area contributed by atoms with E-state index in [0.29, 0.717) is 0 Å². The van der Waals surface area contributed by atoms with Crippen LogP contribution >= 0.6 is 0 Å². The number of esters is 1. The van der Waals surface area contributed by atoms with Gasteiger partial charge in [-0.15, -0.1) is 0 Å². The van der Waals surface area contributed by atoms with Gasteiger partial charge in [-0.25, -0.2) is 0 Å². The Balaban J connectivity index is 2.14. The minimum Gasteiger partial charge on any atom is -0.459 e. The van der Waals surface area contributed by atoms with E-state index in [-0.39, 0.29) is 12.5 Å². The average molecular weight is 235 g/mol. The molecule has 0 amide bonds. The largest absolute Gasteiger partial charge is 0.459 e. The van der Waals surface area contributed by atoms with Crippen molar-refractivity contribution in [3.63, 3.8) is 0 Å². The zero-order valence-corrected chi connectivity index (χ0v) is 10.8. The lowest BCUT2D eigenvalue weighted by molar-refractivity contribution is -0.153. The Morgan fingerprint density at radius 2 is 1.88 bits per heavy atom.